The van der Waals surface area contributed by atoms with Gasteiger partial charge in [0, 0.05) is 51.0 Å². The van der Waals surface area contributed by atoms with Gasteiger partial charge < -0.3 is 0 Å². The summed E-state index contributed by atoms with van der Waals surface area (Å²) in [6, 6.07) is 4.98. The van der Waals surface area contributed by atoms with Crippen molar-refractivity contribution in [2.45, 2.75) is 18.4 Å². The van der Waals surface area contributed by atoms with Gasteiger partial charge in [-0.2, -0.15) is 9.40 Å². The molecule has 1 aliphatic rings. The third-order valence-corrected chi connectivity index (χ3v) is 6.43. The highest BCUT2D eigenvalue weighted by Gasteiger charge is 2.28. The van der Waals surface area contributed by atoms with Crippen molar-refractivity contribution in [3.63, 3.8) is 0 Å². The monoisotopic (exact) mass is 352 g/mol. The molecule has 1 saturated heterocycles. The predicted octanol–water partition coefficient (Wildman–Crippen LogP) is 1.37. The maximum atomic E-state index is 13.0. The molecule has 3 rings (SSSR count). The molecule has 2 heterocycles. The third-order valence-electron chi connectivity index (χ3n) is 4.51. The van der Waals surface area contributed by atoms with Crippen molar-refractivity contribution in [3.05, 3.63) is 47.5 Å². The van der Waals surface area contributed by atoms with Crippen molar-refractivity contribution in [2.24, 2.45) is 7.05 Å². The Bertz CT molecular complexity index is 809. The summed E-state index contributed by atoms with van der Waals surface area (Å²) >= 11 is 0. The number of hydrogen-bond donors (Lipinski definition) is 0. The van der Waals surface area contributed by atoms with Gasteiger partial charge in [0.1, 0.15) is 5.82 Å². The molecule has 1 fully saturated rings. The highest BCUT2D eigenvalue weighted by atomic mass is 32.2. The number of aryl methyl sites for hydroxylation is 1. The zero-order valence-electron chi connectivity index (χ0n) is 13.8. The smallest absolute Gasteiger partial charge is 0.243 e. The van der Waals surface area contributed by atoms with E-state index in [-0.39, 0.29) is 4.90 Å². The molecule has 0 radical (unpaired) electrons. The van der Waals surface area contributed by atoms with Gasteiger partial charge in [-0.15, -0.1) is 0 Å². The summed E-state index contributed by atoms with van der Waals surface area (Å²) < 4.78 is 41.5. The van der Waals surface area contributed by atoms with Gasteiger partial charge in [-0.25, -0.2) is 12.8 Å². The van der Waals surface area contributed by atoms with Crippen LogP contribution in [0.2, 0.25) is 0 Å². The highest BCUT2D eigenvalue weighted by molar-refractivity contribution is 7.89. The Morgan fingerprint density at radius 3 is 2.29 bits per heavy atom. The molecule has 8 heteroatoms. The summed E-state index contributed by atoms with van der Waals surface area (Å²) in [4.78, 5) is 2.36. The normalized spacial score (nSPS) is 17.3. The molecule has 0 N–H and O–H groups in total. The third kappa shape index (κ3) is 3.35. The second-order valence-electron chi connectivity index (χ2n) is 6.01. The number of rotatable bonds is 4. The van der Waals surface area contributed by atoms with Gasteiger partial charge in [0.25, 0.3) is 0 Å². The minimum Gasteiger partial charge on any atom is -0.296 e. The van der Waals surface area contributed by atoms with Crippen LogP contribution in [-0.4, -0.2) is 53.6 Å². The first kappa shape index (κ1) is 17.1. The molecule has 0 spiro atoms. The Balaban J connectivity index is 1.64. The van der Waals surface area contributed by atoms with Crippen LogP contribution in [0.4, 0.5) is 4.39 Å². The number of sulfonamides is 1. The topological polar surface area (TPSA) is 58.4 Å². The molecule has 24 heavy (non-hydrogen) atoms. The SMILES string of the molecule is Cc1c(CN2CCN(S(=O)(=O)c3ccc(F)cc3)CC2)cnn1C. The van der Waals surface area contributed by atoms with Crippen molar-refractivity contribution < 1.29 is 12.8 Å². The molecule has 1 aromatic heterocycles. The Labute approximate surface area is 141 Å². The molecule has 1 aromatic carbocycles. The number of halogens is 1. The second kappa shape index (κ2) is 6.62. The minimum absolute atomic E-state index is 0.139. The quantitative estimate of drug-likeness (QED) is 0.834. The van der Waals surface area contributed by atoms with Crippen molar-refractivity contribution >= 4 is 10.0 Å². The van der Waals surface area contributed by atoms with E-state index < -0.39 is 15.8 Å². The Hall–Kier alpha value is -1.77. The first-order chi connectivity index (χ1) is 11.4. The van der Waals surface area contributed by atoms with Gasteiger partial charge in [0.05, 0.1) is 11.1 Å². The number of hydrogen-bond acceptors (Lipinski definition) is 4. The largest absolute Gasteiger partial charge is 0.296 e. The van der Waals surface area contributed by atoms with Crippen molar-refractivity contribution in [2.75, 3.05) is 26.2 Å². The lowest BCUT2D eigenvalue weighted by Gasteiger charge is -2.33. The van der Waals surface area contributed by atoms with Gasteiger partial charge in [0.2, 0.25) is 10.0 Å². The number of benzene rings is 1. The molecular weight excluding hydrogens is 331 g/mol. The first-order valence-corrected chi connectivity index (χ1v) is 9.27. The summed E-state index contributed by atoms with van der Waals surface area (Å²) in [5, 5.41) is 4.24. The standard InChI is InChI=1S/C16H21FN4O2S/c1-13-14(11-18-19(13)2)12-20-7-9-21(10-8-20)24(22,23)16-5-3-15(17)4-6-16/h3-6,11H,7-10,12H2,1-2H3. The van der Waals surface area contributed by atoms with Crippen molar-refractivity contribution in [1.29, 1.82) is 0 Å². The van der Waals surface area contributed by atoms with E-state index in [9.17, 15) is 12.8 Å². The Morgan fingerprint density at radius 1 is 1.12 bits per heavy atom. The molecular formula is C16H21FN4O2S. The highest BCUT2D eigenvalue weighted by Crippen LogP contribution is 2.19. The van der Waals surface area contributed by atoms with Crippen LogP contribution in [0.1, 0.15) is 11.3 Å². The molecule has 130 valence electrons. The first-order valence-electron chi connectivity index (χ1n) is 7.83. The van der Waals surface area contributed by atoms with Crippen LogP contribution in [-0.2, 0) is 23.6 Å². The summed E-state index contributed by atoms with van der Waals surface area (Å²) in [6.07, 6.45) is 1.86. The molecule has 0 bridgehead atoms. The summed E-state index contributed by atoms with van der Waals surface area (Å²) in [7, 11) is -1.65. The lowest BCUT2D eigenvalue weighted by Crippen LogP contribution is -2.48. The zero-order valence-corrected chi connectivity index (χ0v) is 14.6. The van der Waals surface area contributed by atoms with E-state index in [1.807, 2.05) is 24.9 Å². The summed E-state index contributed by atoms with van der Waals surface area (Å²) in [6.45, 7) is 4.98. The second-order valence-corrected chi connectivity index (χ2v) is 7.95. The summed E-state index contributed by atoms with van der Waals surface area (Å²) in [5.74, 6) is -0.439. The average molecular weight is 352 g/mol. The van der Waals surface area contributed by atoms with Crippen LogP contribution in [0.25, 0.3) is 0 Å². The maximum absolute atomic E-state index is 13.0. The van der Waals surface area contributed by atoms with Crippen LogP contribution in [0, 0.1) is 12.7 Å². The van der Waals surface area contributed by atoms with Gasteiger partial charge in [-0.05, 0) is 31.2 Å². The predicted molar refractivity (Wildman–Crippen MR) is 88.4 cm³/mol. The van der Waals surface area contributed by atoms with Crippen molar-refractivity contribution in [3.8, 4) is 0 Å². The lowest BCUT2D eigenvalue weighted by atomic mass is 10.2. The average Bonchev–Trinajstić information content (AvgIpc) is 2.88. The van der Waals surface area contributed by atoms with Crippen LogP contribution < -0.4 is 0 Å². The maximum Gasteiger partial charge on any atom is 0.243 e. The molecule has 0 aliphatic carbocycles. The van der Waals surface area contributed by atoms with E-state index in [0.717, 1.165) is 17.8 Å². The van der Waals surface area contributed by atoms with Crippen molar-refractivity contribution in [1.82, 2.24) is 19.0 Å². The van der Waals surface area contributed by atoms with Gasteiger partial charge in [-0.1, -0.05) is 0 Å². The number of nitrogens with zero attached hydrogens (tertiary/aromatic N) is 4. The van der Waals surface area contributed by atoms with Crippen LogP contribution in [0.3, 0.4) is 0 Å². The fraction of sp³-hybridized carbons (Fsp3) is 0.438. The van der Waals surface area contributed by atoms with Gasteiger partial charge in [0.15, 0.2) is 0 Å². The fourth-order valence-corrected chi connectivity index (χ4v) is 4.25. The lowest BCUT2D eigenvalue weighted by molar-refractivity contribution is 0.181. The van der Waals surface area contributed by atoms with Crippen LogP contribution >= 0.6 is 0 Å². The molecule has 6 nitrogen and oxygen atoms in total. The number of aromatic nitrogens is 2. The molecule has 2 aromatic rings. The zero-order chi connectivity index (χ0) is 17.3. The van der Waals surface area contributed by atoms with E-state index >= 15 is 0 Å². The van der Waals surface area contributed by atoms with E-state index in [4.69, 9.17) is 0 Å². The summed E-state index contributed by atoms with van der Waals surface area (Å²) in [5.41, 5.74) is 2.28. The minimum atomic E-state index is -3.56. The van der Waals surface area contributed by atoms with E-state index in [1.165, 1.54) is 28.6 Å². The van der Waals surface area contributed by atoms with Gasteiger partial charge >= 0.3 is 0 Å². The van der Waals surface area contributed by atoms with Crippen LogP contribution in [0.15, 0.2) is 35.4 Å². The molecule has 1 aliphatic heterocycles. The molecule has 0 unspecified atom stereocenters. The van der Waals surface area contributed by atoms with Crippen LogP contribution in [0.5, 0.6) is 0 Å². The van der Waals surface area contributed by atoms with E-state index in [1.54, 1.807) is 0 Å². The molecule has 0 saturated carbocycles. The van der Waals surface area contributed by atoms with E-state index in [0.29, 0.717) is 26.2 Å². The number of piperazine rings is 1. The molecule has 0 atom stereocenters. The van der Waals surface area contributed by atoms with E-state index in [2.05, 4.69) is 10.00 Å². The fourth-order valence-electron chi connectivity index (χ4n) is 2.82. The van der Waals surface area contributed by atoms with Gasteiger partial charge in [-0.3, -0.25) is 9.58 Å². The Morgan fingerprint density at radius 2 is 1.75 bits per heavy atom. The molecule has 0 amide bonds. The Kier molecular flexibility index (Phi) is 4.71.